The summed E-state index contributed by atoms with van der Waals surface area (Å²) >= 11 is 6.64. The number of thiophene rings is 1. The molecule has 2 N–H and O–H groups in total. The van der Waals surface area contributed by atoms with E-state index >= 15 is 0 Å². The van der Waals surface area contributed by atoms with E-state index in [4.69, 9.17) is 12.2 Å². The molecule has 0 aliphatic carbocycles. The monoisotopic (exact) mass is 380 g/mol. The molecule has 2 heterocycles. The van der Waals surface area contributed by atoms with Crippen LogP contribution in [0.2, 0.25) is 0 Å². The molecular formula is C16H14F2N4OS2. The number of halogens is 2. The average Bonchev–Trinajstić information content (AvgIpc) is 3.20. The van der Waals surface area contributed by atoms with Crippen LogP contribution in [-0.2, 0) is 11.3 Å². The van der Waals surface area contributed by atoms with Crippen molar-refractivity contribution >= 4 is 29.5 Å². The number of benzene rings is 1. The molecule has 0 aliphatic rings. The van der Waals surface area contributed by atoms with Gasteiger partial charge in [0.2, 0.25) is 5.91 Å². The summed E-state index contributed by atoms with van der Waals surface area (Å²) in [5.41, 5.74) is 0.0858. The maximum Gasteiger partial charge on any atom is 0.240 e. The van der Waals surface area contributed by atoms with E-state index in [1.165, 1.54) is 11.3 Å². The highest BCUT2D eigenvalue weighted by Gasteiger charge is 2.17. The van der Waals surface area contributed by atoms with E-state index in [1.54, 1.807) is 11.5 Å². The van der Waals surface area contributed by atoms with Crippen LogP contribution in [-0.4, -0.2) is 20.7 Å². The lowest BCUT2D eigenvalue weighted by molar-refractivity contribution is -0.122. The third-order valence-corrected chi connectivity index (χ3v) is 4.78. The minimum absolute atomic E-state index is 0.0795. The average molecular weight is 380 g/mol. The Morgan fingerprint density at radius 2 is 2.24 bits per heavy atom. The molecule has 5 nitrogen and oxygen atoms in total. The Kier molecular flexibility index (Phi) is 5.05. The Hall–Kier alpha value is -2.39. The topological polar surface area (TPSA) is 62.7 Å². The molecule has 3 aromatic rings. The summed E-state index contributed by atoms with van der Waals surface area (Å²) in [5.74, 6) is -0.964. The van der Waals surface area contributed by atoms with Crippen molar-refractivity contribution in [3.05, 3.63) is 57.7 Å². The van der Waals surface area contributed by atoms with Gasteiger partial charge in [-0.05, 0) is 48.8 Å². The number of nitrogens with one attached hydrogen (secondary N) is 2. The van der Waals surface area contributed by atoms with Gasteiger partial charge in [-0.2, -0.15) is 5.10 Å². The Morgan fingerprint density at radius 1 is 1.44 bits per heavy atom. The zero-order valence-electron chi connectivity index (χ0n) is 13.1. The van der Waals surface area contributed by atoms with E-state index in [0.717, 1.165) is 23.1 Å². The van der Waals surface area contributed by atoms with Gasteiger partial charge in [0.05, 0.1) is 10.9 Å². The summed E-state index contributed by atoms with van der Waals surface area (Å²) in [7, 11) is 0. The normalized spacial score (nSPS) is 12.1. The largest absolute Gasteiger partial charge is 0.348 e. The van der Waals surface area contributed by atoms with E-state index in [2.05, 4.69) is 15.5 Å². The molecule has 1 aromatic carbocycles. The molecule has 1 amide bonds. The fourth-order valence-electron chi connectivity index (χ4n) is 2.41. The van der Waals surface area contributed by atoms with Gasteiger partial charge in [0.25, 0.3) is 0 Å². The van der Waals surface area contributed by atoms with Crippen LogP contribution in [0.15, 0.2) is 35.7 Å². The van der Waals surface area contributed by atoms with Gasteiger partial charge in [-0.15, -0.1) is 11.3 Å². The van der Waals surface area contributed by atoms with Crippen LogP contribution in [0, 0.1) is 16.4 Å². The minimum atomic E-state index is -0.686. The summed E-state index contributed by atoms with van der Waals surface area (Å²) in [6.07, 6.45) is 0. The molecule has 0 spiro atoms. The smallest absolute Gasteiger partial charge is 0.240 e. The lowest BCUT2D eigenvalue weighted by Crippen LogP contribution is -2.30. The Bertz CT molecular complexity index is 949. The Balaban J connectivity index is 1.76. The van der Waals surface area contributed by atoms with Crippen LogP contribution >= 0.6 is 23.6 Å². The lowest BCUT2D eigenvalue weighted by Gasteiger charge is -2.16. The van der Waals surface area contributed by atoms with E-state index in [-0.39, 0.29) is 18.0 Å². The van der Waals surface area contributed by atoms with Crippen molar-refractivity contribution in [1.82, 2.24) is 20.1 Å². The van der Waals surface area contributed by atoms with Crippen LogP contribution in [0.25, 0.3) is 10.7 Å². The molecule has 1 atom stereocenters. The number of carbonyl (C=O) groups excluding carboxylic acids is 1. The predicted octanol–water partition coefficient (Wildman–Crippen LogP) is 3.82. The summed E-state index contributed by atoms with van der Waals surface area (Å²) in [6, 6.07) is 6.20. The second kappa shape index (κ2) is 7.24. The second-order valence-electron chi connectivity index (χ2n) is 5.37. The Labute approximate surface area is 151 Å². The number of hydrogen-bond donors (Lipinski definition) is 2. The molecule has 130 valence electrons. The number of aromatic nitrogens is 3. The number of carbonyl (C=O) groups is 1. The highest BCUT2D eigenvalue weighted by molar-refractivity contribution is 7.71. The van der Waals surface area contributed by atoms with Crippen molar-refractivity contribution in [2.24, 2.45) is 0 Å². The van der Waals surface area contributed by atoms with Gasteiger partial charge < -0.3 is 5.32 Å². The number of hydrogen-bond acceptors (Lipinski definition) is 4. The van der Waals surface area contributed by atoms with Gasteiger partial charge in [-0.3, -0.25) is 14.5 Å². The van der Waals surface area contributed by atoms with Gasteiger partial charge in [0.15, 0.2) is 10.6 Å². The molecule has 0 radical (unpaired) electrons. The maximum absolute atomic E-state index is 13.8. The zero-order chi connectivity index (χ0) is 18.0. The third kappa shape index (κ3) is 3.83. The summed E-state index contributed by atoms with van der Waals surface area (Å²) in [6.45, 7) is 1.51. The zero-order valence-corrected chi connectivity index (χ0v) is 14.8. The standard InChI is InChI=1S/C16H14F2N4OS2/c1-9(11-7-10(17)4-5-12(11)18)19-14(23)8-22-15(20-21-16(22)24)13-3-2-6-25-13/h2-7,9H,8H2,1H3,(H,19,23)(H,21,24). The highest BCUT2D eigenvalue weighted by atomic mass is 32.1. The van der Waals surface area contributed by atoms with E-state index in [9.17, 15) is 13.6 Å². The maximum atomic E-state index is 13.8. The van der Waals surface area contributed by atoms with Crippen LogP contribution in [0.5, 0.6) is 0 Å². The first-order chi connectivity index (χ1) is 12.0. The first-order valence-electron chi connectivity index (χ1n) is 7.39. The van der Waals surface area contributed by atoms with Crippen LogP contribution in [0.3, 0.4) is 0 Å². The number of aromatic amines is 1. The molecule has 0 saturated carbocycles. The van der Waals surface area contributed by atoms with Crippen molar-refractivity contribution in [3.8, 4) is 10.7 Å². The molecule has 3 rings (SSSR count). The molecule has 0 bridgehead atoms. The molecule has 0 aliphatic heterocycles. The highest BCUT2D eigenvalue weighted by Crippen LogP contribution is 2.23. The van der Waals surface area contributed by atoms with Gasteiger partial charge in [0.1, 0.15) is 18.2 Å². The van der Waals surface area contributed by atoms with E-state index < -0.39 is 17.7 Å². The fourth-order valence-corrected chi connectivity index (χ4v) is 3.33. The molecule has 0 saturated heterocycles. The summed E-state index contributed by atoms with van der Waals surface area (Å²) in [5, 5.41) is 11.4. The molecule has 0 fully saturated rings. The quantitative estimate of drug-likeness (QED) is 0.662. The predicted molar refractivity (Wildman–Crippen MR) is 93.6 cm³/mol. The molecule has 25 heavy (non-hydrogen) atoms. The number of amides is 1. The van der Waals surface area contributed by atoms with Crippen LogP contribution < -0.4 is 5.32 Å². The third-order valence-electron chi connectivity index (χ3n) is 3.60. The van der Waals surface area contributed by atoms with E-state index in [0.29, 0.717) is 10.6 Å². The van der Waals surface area contributed by atoms with Crippen molar-refractivity contribution in [2.75, 3.05) is 0 Å². The van der Waals surface area contributed by atoms with Crippen LogP contribution in [0.4, 0.5) is 8.78 Å². The first-order valence-corrected chi connectivity index (χ1v) is 8.68. The van der Waals surface area contributed by atoms with Gasteiger partial charge >= 0.3 is 0 Å². The number of nitrogens with zero attached hydrogens (tertiary/aromatic N) is 2. The van der Waals surface area contributed by atoms with Gasteiger partial charge in [0, 0.05) is 5.56 Å². The molecular weight excluding hydrogens is 366 g/mol. The second-order valence-corrected chi connectivity index (χ2v) is 6.71. The fraction of sp³-hybridized carbons (Fsp3) is 0.188. The Morgan fingerprint density at radius 3 is 2.96 bits per heavy atom. The van der Waals surface area contributed by atoms with Crippen molar-refractivity contribution in [3.63, 3.8) is 0 Å². The van der Waals surface area contributed by atoms with Crippen LogP contribution in [0.1, 0.15) is 18.5 Å². The number of rotatable bonds is 5. The van der Waals surface area contributed by atoms with Gasteiger partial charge in [-0.1, -0.05) is 6.07 Å². The summed E-state index contributed by atoms with van der Waals surface area (Å²) in [4.78, 5) is 13.2. The SMILES string of the molecule is CC(NC(=O)Cn1c(-c2cccs2)n[nH]c1=S)c1cc(F)ccc1F. The first kappa shape index (κ1) is 17.4. The van der Waals surface area contributed by atoms with E-state index in [1.807, 2.05) is 17.5 Å². The molecule has 1 unspecified atom stereocenters. The minimum Gasteiger partial charge on any atom is -0.348 e. The molecule has 2 aromatic heterocycles. The van der Waals surface area contributed by atoms with Crippen molar-refractivity contribution < 1.29 is 13.6 Å². The van der Waals surface area contributed by atoms with Gasteiger partial charge in [-0.25, -0.2) is 8.78 Å². The number of H-pyrrole nitrogens is 1. The van der Waals surface area contributed by atoms with Crippen molar-refractivity contribution in [1.29, 1.82) is 0 Å². The molecule has 9 heteroatoms. The lowest BCUT2D eigenvalue weighted by atomic mass is 10.1. The van der Waals surface area contributed by atoms with Crippen molar-refractivity contribution in [2.45, 2.75) is 19.5 Å². The summed E-state index contributed by atoms with van der Waals surface area (Å²) < 4.78 is 29.0.